The van der Waals surface area contributed by atoms with E-state index in [2.05, 4.69) is 0 Å². The van der Waals surface area contributed by atoms with E-state index in [1.807, 2.05) is 11.0 Å². The van der Waals surface area contributed by atoms with Gasteiger partial charge in [-0.3, -0.25) is 9.59 Å². The lowest BCUT2D eigenvalue weighted by Gasteiger charge is -2.17. The molecule has 0 radical (unpaired) electrons. The standard InChI is InChI=1S/C15H20N2O3S/c1-16(7-8-20-2)15(19)13-9-11-12(21-13)5-6-17(11)14(18)10-3-4-10/h9-10H,3-8H2,1-2H3. The molecule has 1 aromatic rings. The molecule has 2 heterocycles. The topological polar surface area (TPSA) is 49.9 Å². The van der Waals surface area contributed by atoms with E-state index in [0.717, 1.165) is 36.4 Å². The van der Waals surface area contributed by atoms with Gasteiger partial charge in [-0.05, 0) is 18.9 Å². The molecular formula is C15H20N2O3S. The number of methoxy groups -OCH3 is 1. The number of likely N-dealkylation sites (N-methyl/N-ethyl adjacent to an activating group) is 1. The van der Waals surface area contributed by atoms with Gasteiger partial charge in [0.05, 0.1) is 17.2 Å². The van der Waals surface area contributed by atoms with Gasteiger partial charge in [-0.1, -0.05) is 0 Å². The fourth-order valence-corrected chi connectivity index (χ4v) is 3.71. The van der Waals surface area contributed by atoms with Crippen LogP contribution in [0.1, 0.15) is 27.4 Å². The summed E-state index contributed by atoms with van der Waals surface area (Å²) in [7, 11) is 3.40. The first-order valence-corrected chi connectivity index (χ1v) is 8.12. The third kappa shape index (κ3) is 2.82. The maximum absolute atomic E-state index is 12.4. The van der Waals surface area contributed by atoms with Crippen molar-refractivity contribution in [1.82, 2.24) is 4.90 Å². The Bertz CT molecular complexity index is 565. The van der Waals surface area contributed by atoms with E-state index in [-0.39, 0.29) is 17.7 Å². The molecule has 2 aliphatic rings. The second kappa shape index (κ2) is 5.77. The number of rotatable bonds is 5. The zero-order valence-corrected chi connectivity index (χ0v) is 13.2. The van der Waals surface area contributed by atoms with Crippen molar-refractivity contribution in [2.75, 3.05) is 38.8 Å². The number of hydrogen-bond acceptors (Lipinski definition) is 4. The van der Waals surface area contributed by atoms with E-state index in [9.17, 15) is 9.59 Å². The monoisotopic (exact) mass is 308 g/mol. The molecule has 114 valence electrons. The normalized spacial score (nSPS) is 17.0. The van der Waals surface area contributed by atoms with Gasteiger partial charge in [0, 0.05) is 44.5 Å². The molecule has 0 N–H and O–H groups in total. The smallest absolute Gasteiger partial charge is 0.263 e. The molecule has 1 saturated carbocycles. The van der Waals surface area contributed by atoms with E-state index >= 15 is 0 Å². The Labute approximate surface area is 128 Å². The average molecular weight is 308 g/mol. The lowest BCUT2D eigenvalue weighted by Crippen LogP contribution is -2.31. The Morgan fingerprint density at radius 1 is 1.48 bits per heavy atom. The average Bonchev–Trinajstić information content (AvgIpc) is 3.13. The first kappa shape index (κ1) is 14.5. The summed E-state index contributed by atoms with van der Waals surface area (Å²) in [6, 6.07) is 1.89. The van der Waals surface area contributed by atoms with Crippen molar-refractivity contribution in [3.05, 3.63) is 15.8 Å². The highest BCUT2D eigenvalue weighted by Crippen LogP contribution is 2.40. The summed E-state index contributed by atoms with van der Waals surface area (Å²) in [4.78, 5) is 30.0. The molecule has 0 aromatic carbocycles. The van der Waals surface area contributed by atoms with Gasteiger partial charge < -0.3 is 14.5 Å². The summed E-state index contributed by atoms with van der Waals surface area (Å²) in [5, 5.41) is 0. The van der Waals surface area contributed by atoms with Crippen LogP contribution >= 0.6 is 11.3 Å². The maximum atomic E-state index is 12.4. The molecule has 6 heteroatoms. The lowest BCUT2D eigenvalue weighted by molar-refractivity contribution is -0.119. The number of fused-ring (bicyclic) bond motifs is 1. The van der Waals surface area contributed by atoms with Gasteiger partial charge in [0.15, 0.2) is 0 Å². The largest absolute Gasteiger partial charge is 0.383 e. The van der Waals surface area contributed by atoms with E-state index in [1.54, 1.807) is 19.1 Å². The SMILES string of the molecule is COCCN(C)C(=O)c1cc2c(s1)CCN2C(=O)C1CC1. The first-order valence-electron chi connectivity index (χ1n) is 7.30. The van der Waals surface area contributed by atoms with Crippen LogP contribution < -0.4 is 4.90 Å². The second-order valence-corrected chi connectivity index (χ2v) is 6.79. The van der Waals surface area contributed by atoms with Crippen LogP contribution in [0.5, 0.6) is 0 Å². The van der Waals surface area contributed by atoms with Crippen molar-refractivity contribution in [2.45, 2.75) is 19.3 Å². The number of amides is 2. The zero-order valence-electron chi connectivity index (χ0n) is 12.4. The molecule has 21 heavy (non-hydrogen) atoms. The van der Waals surface area contributed by atoms with Gasteiger partial charge in [-0.25, -0.2) is 0 Å². The van der Waals surface area contributed by atoms with E-state index in [1.165, 1.54) is 11.3 Å². The highest BCUT2D eigenvalue weighted by Gasteiger charge is 2.37. The van der Waals surface area contributed by atoms with Gasteiger partial charge in [0.2, 0.25) is 5.91 Å². The Hall–Kier alpha value is -1.40. The number of carbonyl (C=O) groups is 2. The molecule has 0 spiro atoms. The number of nitrogens with zero attached hydrogens (tertiary/aromatic N) is 2. The van der Waals surface area contributed by atoms with E-state index in [0.29, 0.717) is 18.0 Å². The Balaban J connectivity index is 1.73. The number of anilines is 1. The molecule has 0 atom stereocenters. The number of ether oxygens (including phenoxy) is 1. The van der Waals surface area contributed by atoms with Gasteiger partial charge in [-0.2, -0.15) is 0 Å². The van der Waals surface area contributed by atoms with Crippen LogP contribution in [-0.4, -0.2) is 50.6 Å². The molecule has 0 unspecified atom stereocenters. The first-order chi connectivity index (χ1) is 10.1. The van der Waals surface area contributed by atoms with Crippen LogP contribution in [0.25, 0.3) is 0 Å². The second-order valence-electron chi connectivity index (χ2n) is 5.65. The number of carbonyl (C=O) groups excluding carboxylic acids is 2. The van der Waals surface area contributed by atoms with Crippen molar-refractivity contribution < 1.29 is 14.3 Å². The molecule has 1 fully saturated rings. The molecular weight excluding hydrogens is 288 g/mol. The van der Waals surface area contributed by atoms with Crippen LogP contribution in [0.15, 0.2) is 6.07 Å². The third-order valence-electron chi connectivity index (χ3n) is 4.02. The Kier molecular flexibility index (Phi) is 3.99. The minimum Gasteiger partial charge on any atom is -0.383 e. The quantitative estimate of drug-likeness (QED) is 0.833. The van der Waals surface area contributed by atoms with Crippen molar-refractivity contribution in [3.63, 3.8) is 0 Å². The van der Waals surface area contributed by atoms with Crippen molar-refractivity contribution in [1.29, 1.82) is 0 Å². The Morgan fingerprint density at radius 2 is 2.24 bits per heavy atom. The Morgan fingerprint density at radius 3 is 2.90 bits per heavy atom. The predicted octanol–water partition coefficient (Wildman–Crippen LogP) is 1.77. The number of thiophene rings is 1. The lowest BCUT2D eigenvalue weighted by atomic mass is 10.3. The van der Waals surface area contributed by atoms with Gasteiger partial charge in [0.1, 0.15) is 0 Å². The molecule has 2 amide bonds. The summed E-state index contributed by atoms with van der Waals surface area (Å²) >= 11 is 1.52. The number of hydrogen-bond donors (Lipinski definition) is 0. The fraction of sp³-hybridized carbons (Fsp3) is 0.600. The highest BCUT2D eigenvalue weighted by atomic mass is 32.1. The molecule has 1 aliphatic carbocycles. The highest BCUT2D eigenvalue weighted by molar-refractivity contribution is 7.14. The minimum absolute atomic E-state index is 0.00488. The molecule has 5 nitrogen and oxygen atoms in total. The zero-order chi connectivity index (χ0) is 15.0. The minimum atomic E-state index is 0.00488. The summed E-state index contributed by atoms with van der Waals surface area (Å²) in [5.41, 5.74) is 0.959. The summed E-state index contributed by atoms with van der Waals surface area (Å²) in [6.45, 7) is 1.87. The van der Waals surface area contributed by atoms with Crippen molar-refractivity contribution >= 4 is 28.8 Å². The van der Waals surface area contributed by atoms with Gasteiger partial charge in [0.25, 0.3) is 5.91 Å². The molecule has 0 saturated heterocycles. The summed E-state index contributed by atoms with van der Waals surface area (Å²) in [5.74, 6) is 0.461. The van der Waals surface area contributed by atoms with E-state index in [4.69, 9.17) is 4.74 Å². The van der Waals surface area contributed by atoms with Gasteiger partial charge in [-0.15, -0.1) is 11.3 Å². The van der Waals surface area contributed by atoms with E-state index < -0.39 is 0 Å². The molecule has 3 rings (SSSR count). The van der Waals surface area contributed by atoms with Crippen LogP contribution in [-0.2, 0) is 16.0 Å². The molecule has 0 bridgehead atoms. The molecule has 1 aliphatic heterocycles. The van der Waals surface area contributed by atoms with Gasteiger partial charge >= 0.3 is 0 Å². The van der Waals surface area contributed by atoms with Crippen LogP contribution in [0, 0.1) is 5.92 Å². The van der Waals surface area contributed by atoms with Crippen LogP contribution in [0.3, 0.4) is 0 Å². The summed E-state index contributed by atoms with van der Waals surface area (Å²) in [6.07, 6.45) is 2.90. The summed E-state index contributed by atoms with van der Waals surface area (Å²) < 4.78 is 5.00. The fourth-order valence-electron chi connectivity index (χ4n) is 2.56. The van der Waals surface area contributed by atoms with Crippen molar-refractivity contribution in [2.24, 2.45) is 5.92 Å². The van der Waals surface area contributed by atoms with Crippen molar-refractivity contribution in [3.8, 4) is 0 Å². The third-order valence-corrected chi connectivity index (χ3v) is 5.19. The van der Waals surface area contributed by atoms with Crippen LogP contribution in [0.2, 0.25) is 0 Å². The predicted molar refractivity (Wildman–Crippen MR) is 81.9 cm³/mol. The maximum Gasteiger partial charge on any atom is 0.263 e. The molecule has 1 aromatic heterocycles. The van der Waals surface area contributed by atoms with Crippen LogP contribution in [0.4, 0.5) is 5.69 Å².